The van der Waals surface area contributed by atoms with Gasteiger partial charge in [-0.05, 0) is 61.0 Å². The Morgan fingerprint density at radius 1 is 0.868 bits per heavy atom. The number of hydrogen-bond donors (Lipinski definition) is 4. The Hall–Kier alpha value is -4.80. The predicted octanol–water partition coefficient (Wildman–Crippen LogP) is 5.33. The van der Waals surface area contributed by atoms with E-state index in [0.29, 0.717) is 34.4 Å². The second-order valence-corrected chi connectivity index (χ2v) is 8.87. The third kappa shape index (κ3) is 5.17. The molecule has 1 aliphatic rings. The topological polar surface area (TPSA) is 106 Å². The van der Waals surface area contributed by atoms with E-state index in [2.05, 4.69) is 20.9 Å². The van der Waals surface area contributed by atoms with Crippen molar-refractivity contribution in [3.63, 3.8) is 0 Å². The van der Waals surface area contributed by atoms with Crippen LogP contribution in [0.1, 0.15) is 16.8 Å². The first-order chi connectivity index (χ1) is 18.3. The van der Waals surface area contributed by atoms with Crippen molar-refractivity contribution < 1.29 is 27.6 Å². The van der Waals surface area contributed by atoms with E-state index in [1.807, 2.05) is 0 Å². The van der Waals surface area contributed by atoms with Crippen molar-refractivity contribution in [2.75, 3.05) is 29.0 Å². The number of carbonyl (C=O) groups is 3. The number of amides is 4. The summed E-state index contributed by atoms with van der Waals surface area (Å²) in [6.45, 7) is 0.238. The van der Waals surface area contributed by atoms with Gasteiger partial charge in [0.05, 0.1) is 11.6 Å². The molecule has 1 fully saturated rings. The Kier molecular flexibility index (Phi) is 6.73. The van der Waals surface area contributed by atoms with Gasteiger partial charge in [0.15, 0.2) is 0 Å². The molecule has 194 valence electrons. The first-order valence-corrected chi connectivity index (χ1v) is 11.8. The number of nitrogens with zero attached hydrogens (tertiary/aromatic N) is 1. The number of fused-ring (bicyclic) bond motifs is 1. The summed E-state index contributed by atoms with van der Waals surface area (Å²) in [7, 11) is 0. The van der Waals surface area contributed by atoms with E-state index in [1.54, 1.807) is 36.5 Å². The predicted molar refractivity (Wildman–Crippen MR) is 136 cm³/mol. The number of anilines is 3. The minimum atomic E-state index is -0.944. The molecule has 4 aromatic rings. The molecular formula is C27H22F3N5O3. The van der Waals surface area contributed by atoms with Crippen LogP contribution >= 0.6 is 0 Å². The SMILES string of the molecule is O=C(Nc1ccc(NC(=O)C2CCN(C(=O)c3c(F)cccc3F)C2)cc1)Nc1c[nH]c2ccc(F)cc12. The Labute approximate surface area is 214 Å². The van der Waals surface area contributed by atoms with Gasteiger partial charge in [-0.25, -0.2) is 18.0 Å². The summed E-state index contributed by atoms with van der Waals surface area (Å²) >= 11 is 0. The highest BCUT2D eigenvalue weighted by molar-refractivity contribution is 6.06. The van der Waals surface area contributed by atoms with Crippen LogP contribution in [0.25, 0.3) is 10.9 Å². The van der Waals surface area contributed by atoms with E-state index in [9.17, 15) is 27.6 Å². The fourth-order valence-electron chi connectivity index (χ4n) is 4.38. The standard InChI is InChI=1S/C27H22F3N5O3/c28-16-4-9-22-19(12-16)23(13-31-22)34-27(38)33-18-7-5-17(6-8-18)32-25(36)15-10-11-35(14-15)26(37)24-20(29)2-1-3-21(24)30/h1-9,12-13,15,31H,10-11,14H2,(H,32,36)(H2,33,34,38). The number of hydrogen-bond acceptors (Lipinski definition) is 3. The first kappa shape index (κ1) is 24.9. The molecule has 38 heavy (non-hydrogen) atoms. The number of benzene rings is 3. The van der Waals surface area contributed by atoms with Crippen molar-refractivity contribution in [1.82, 2.24) is 9.88 Å². The first-order valence-electron chi connectivity index (χ1n) is 11.8. The van der Waals surface area contributed by atoms with Gasteiger partial charge in [-0.15, -0.1) is 0 Å². The number of halogens is 3. The number of nitrogens with one attached hydrogen (secondary N) is 4. The van der Waals surface area contributed by atoms with Crippen LogP contribution in [-0.2, 0) is 4.79 Å². The van der Waals surface area contributed by atoms with E-state index in [1.165, 1.54) is 23.1 Å². The molecule has 1 aromatic heterocycles. The Balaban J connectivity index is 1.15. The molecule has 11 heteroatoms. The summed E-state index contributed by atoms with van der Waals surface area (Å²) in [6.07, 6.45) is 1.91. The maximum atomic E-state index is 14.0. The lowest BCUT2D eigenvalue weighted by Gasteiger charge is -2.17. The maximum Gasteiger partial charge on any atom is 0.323 e. The molecule has 1 unspecified atom stereocenters. The van der Waals surface area contributed by atoms with Crippen LogP contribution in [0, 0.1) is 23.4 Å². The van der Waals surface area contributed by atoms with Gasteiger partial charge in [0.1, 0.15) is 23.0 Å². The smallest absolute Gasteiger partial charge is 0.323 e. The molecule has 4 amide bonds. The molecule has 1 atom stereocenters. The van der Waals surface area contributed by atoms with Crippen molar-refractivity contribution in [1.29, 1.82) is 0 Å². The molecular weight excluding hydrogens is 499 g/mol. The molecule has 8 nitrogen and oxygen atoms in total. The van der Waals surface area contributed by atoms with E-state index in [-0.39, 0.29) is 19.0 Å². The van der Waals surface area contributed by atoms with Crippen LogP contribution in [0.3, 0.4) is 0 Å². The fraction of sp³-hybridized carbons (Fsp3) is 0.148. The summed E-state index contributed by atoms with van der Waals surface area (Å²) in [5.41, 5.74) is 1.39. The quantitative estimate of drug-likeness (QED) is 0.285. The number of urea groups is 1. The Morgan fingerprint density at radius 2 is 1.55 bits per heavy atom. The lowest BCUT2D eigenvalue weighted by atomic mass is 10.1. The van der Waals surface area contributed by atoms with Crippen LogP contribution in [0.5, 0.6) is 0 Å². The molecule has 0 radical (unpaired) electrons. The molecule has 0 bridgehead atoms. The lowest BCUT2D eigenvalue weighted by molar-refractivity contribution is -0.119. The van der Waals surface area contributed by atoms with E-state index in [4.69, 9.17) is 0 Å². The van der Waals surface area contributed by atoms with Gasteiger partial charge in [-0.3, -0.25) is 9.59 Å². The minimum Gasteiger partial charge on any atom is -0.359 e. The average molecular weight is 521 g/mol. The highest BCUT2D eigenvalue weighted by atomic mass is 19.1. The summed E-state index contributed by atoms with van der Waals surface area (Å²) in [5.74, 6) is -3.98. The molecule has 2 heterocycles. The fourth-order valence-corrected chi connectivity index (χ4v) is 4.38. The van der Waals surface area contributed by atoms with Crippen molar-refractivity contribution in [2.24, 2.45) is 5.92 Å². The third-order valence-corrected chi connectivity index (χ3v) is 6.33. The van der Waals surface area contributed by atoms with Gasteiger partial charge in [0.2, 0.25) is 5.91 Å². The normalized spacial score (nSPS) is 14.9. The van der Waals surface area contributed by atoms with E-state index >= 15 is 0 Å². The van der Waals surface area contributed by atoms with Gasteiger partial charge < -0.3 is 25.8 Å². The van der Waals surface area contributed by atoms with E-state index < -0.39 is 40.9 Å². The zero-order valence-corrected chi connectivity index (χ0v) is 19.9. The monoisotopic (exact) mass is 521 g/mol. The highest BCUT2D eigenvalue weighted by Crippen LogP contribution is 2.25. The number of H-pyrrole nitrogens is 1. The van der Waals surface area contributed by atoms with Crippen molar-refractivity contribution >= 4 is 45.8 Å². The van der Waals surface area contributed by atoms with Gasteiger partial charge in [-0.2, -0.15) is 0 Å². The van der Waals surface area contributed by atoms with Crippen LogP contribution in [0.15, 0.2) is 66.9 Å². The van der Waals surface area contributed by atoms with Crippen molar-refractivity contribution in [3.05, 3.63) is 89.9 Å². The van der Waals surface area contributed by atoms with Crippen molar-refractivity contribution in [2.45, 2.75) is 6.42 Å². The zero-order chi connectivity index (χ0) is 26.8. The molecule has 5 rings (SSSR count). The lowest BCUT2D eigenvalue weighted by Crippen LogP contribution is -2.32. The minimum absolute atomic E-state index is 0.0377. The van der Waals surface area contributed by atoms with Gasteiger partial charge in [0, 0.05) is 41.6 Å². The summed E-state index contributed by atoms with van der Waals surface area (Å²) in [6, 6.07) is 13.3. The Morgan fingerprint density at radius 3 is 2.26 bits per heavy atom. The second kappa shape index (κ2) is 10.3. The number of rotatable bonds is 5. The van der Waals surface area contributed by atoms with Crippen molar-refractivity contribution in [3.8, 4) is 0 Å². The van der Waals surface area contributed by atoms with Gasteiger partial charge >= 0.3 is 6.03 Å². The summed E-state index contributed by atoms with van der Waals surface area (Å²) < 4.78 is 41.5. The number of carbonyl (C=O) groups excluding carboxylic acids is 3. The molecule has 0 saturated carbocycles. The molecule has 1 aliphatic heterocycles. The van der Waals surface area contributed by atoms with Crippen LogP contribution in [0.4, 0.5) is 35.0 Å². The zero-order valence-electron chi connectivity index (χ0n) is 19.9. The summed E-state index contributed by atoms with van der Waals surface area (Å²) in [4.78, 5) is 41.9. The second-order valence-electron chi connectivity index (χ2n) is 8.87. The van der Waals surface area contributed by atoms with Crippen LogP contribution < -0.4 is 16.0 Å². The maximum absolute atomic E-state index is 14.0. The average Bonchev–Trinajstić information content (AvgIpc) is 3.53. The van der Waals surface area contributed by atoms with Gasteiger partial charge in [0.25, 0.3) is 5.91 Å². The molecule has 0 spiro atoms. The van der Waals surface area contributed by atoms with Crippen LogP contribution in [0.2, 0.25) is 0 Å². The number of aromatic nitrogens is 1. The largest absolute Gasteiger partial charge is 0.359 e. The number of likely N-dealkylation sites (tertiary alicyclic amines) is 1. The molecule has 3 aromatic carbocycles. The van der Waals surface area contributed by atoms with E-state index in [0.717, 1.165) is 12.1 Å². The summed E-state index contributed by atoms with van der Waals surface area (Å²) in [5, 5.41) is 8.61. The number of aromatic amines is 1. The molecule has 0 aliphatic carbocycles. The third-order valence-electron chi connectivity index (χ3n) is 6.33. The molecule has 1 saturated heterocycles. The Bertz CT molecular complexity index is 1520. The van der Waals surface area contributed by atoms with Crippen LogP contribution in [-0.4, -0.2) is 40.8 Å². The van der Waals surface area contributed by atoms with Gasteiger partial charge in [-0.1, -0.05) is 6.07 Å². The highest BCUT2D eigenvalue weighted by Gasteiger charge is 2.33. The molecule has 4 N–H and O–H groups in total.